The van der Waals surface area contributed by atoms with Crippen LogP contribution in [-0.4, -0.2) is 37.2 Å². The van der Waals surface area contributed by atoms with Crippen LogP contribution < -0.4 is 0 Å². The lowest BCUT2D eigenvalue weighted by atomic mass is 10.1. The summed E-state index contributed by atoms with van der Waals surface area (Å²) in [4.78, 5) is 37.9. The van der Waals surface area contributed by atoms with Crippen LogP contribution >= 0.6 is 0 Å². The van der Waals surface area contributed by atoms with Crippen LogP contribution in [0.2, 0.25) is 0 Å². The fraction of sp³-hybridized carbons (Fsp3) is 0.603. The van der Waals surface area contributed by atoms with Crippen LogP contribution in [-0.2, 0) is 28.6 Å². The van der Waals surface area contributed by atoms with Crippen molar-refractivity contribution in [1.82, 2.24) is 0 Å². The second kappa shape index (κ2) is 56.1. The molecule has 388 valence electrons. The normalized spacial score (nSPS) is 13.1. The average Bonchev–Trinajstić information content (AvgIpc) is 3.35. The van der Waals surface area contributed by atoms with Gasteiger partial charge in [0.15, 0.2) is 6.10 Å². The largest absolute Gasteiger partial charge is 0.462 e. The topological polar surface area (TPSA) is 78.9 Å². The van der Waals surface area contributed by atoms with E-state index in [0.717, 1.165) is 116 Å². The van der Waals surface area contributed by atoms with Gasteiger partial charge in [-0.1, -0.05) is 238 Å². The van der Waals surface area contributed by atoms with Crippen molar-refractivity contribution in [2.24, 2.45) is 0 Å². The third-order valence-corrected chi connectivity index (χ3v) is 11.2. The lowest BCUT2D eigenvalue weighted by Gasteiger charge is -2.18. The van der Waals surface area contributed by atoms with Gasteiger partial charge in [-0.2, -0.15) is 0 Å². The Morgan fingerprint density at radius 3 is 0.942 bits per heavy atom. The van der Waals surface area contributed by atoms with Crippen LogP contribution in [0, 0.1) is 0 Å². The molecule has 0 fully saturated rings. The van der Waals surface area contributed by atoms with E-state index in [0.29, 0.717) is 19.3 Å². The van der Waals surface area contributed by atoms with Crippen molar-refractivity contribution in [3.05, 3.63) is 134 Å². The highest BCUT2D eigenvalue weighted by Gasteiger charge is 2.19. The van der Waals surface area contributed by atoms with E-state index in [9.17, 15) is 14.4 Å². The number of carbonyl (C=O) groups is 3. The van der Waals surface area contributed by atoms with Gasteiger partial charge >= 0.3 is 17.9 Å². The fourth-order valence-corrected chi connectivity index (χ4v) is 7.08. The van der Waals surface area contributed by atoms with Gasteiger partial charge in [0.1, 0.15) is 13.2 Å². The van der Waals surface area contributed by atoms with E-state index in [1.807, 2.05) is 12.2 Å². The smallest absolute Gasteiger partial charge is 0.306 e. The van der Waals surface area contributed by atoms with E-state index in [2.05, 4.69) is 142 Å². The zero-order valence-corrected chi connectivity index (χ0v) is 44.3. The first-order valence-electron chi connectivity index (χ1n) is 27.7. The molecule has 69 heavy (non-hydrogen) atoms. The van der Waals surface area contributed by atoms with E-state index in [4.69, 9.17) is 14.2 Å². The molecule has 0 bridgehead atoms. The lowest BCUT2D eigenvalue weighted by molar-refractivity contribution is -0.166. The maximum absolute atomic E-state index is 12.8. The Hall–Kier alpha value is -4.45. The number of carbonyl (C=O) groups excluding carboxylic acids is 3. The summed E-state index contributed by atoms with van der Waals surface area (Å²) in [5.41, 5.74) is 0. The number of ether oxygens (including phenoxy) is 3. The second-order valence-electron chi connectivity index (χ2n) is 17.7. The molecule has 0 saturated carbocycles. The molecule has 0 aromatic carbocycles. The van der Waals surface area contributed by atoms with Crippen molar-refractivity contribution < 1.29 is 28.6 Å². The predicted octanol–water partition coefficient (Wildman–Crippen LogP) is 18.6. The molecule has 0 amide bonds. The van der Waals surface area contributed by atoms with Gasteiger partial charge < -0.3 is 14.2 Å². The Morgan fingerprint density at radius 2 is 0.594 bits per heavy atom. The van der Waals surface area contributed by atoms with E-state index >= 15 is 0 Å². The van der Waals surface area contributed by atoms with Gasteiger partial charge in [0, 0.05) is 19.3 Å². The van der Waals surface area contributed by atoms with Crippen molar-refractivity contribution in [3.8, 4) is 0 Å². The summed E-state index contributed by atoms with van der Waals surface area (Å²) < 4.78 is 16.7. The minimum absolute atomic E-state index is 0.113. The molecule has 0 aliphatic heterocycles. The van der Waals surface area contributed by atoms with Crippen LogP contribution in [0.1, 0.15) is 226 Å². The second-order valence-corrected chi connectivity index (χ2v) is 17.7. The number of hydrogen-bond acceptors (Lipinski definition) is 6. The van der Waals surface area contributed by atoms with E-state index in [1.54, 1.807) is 0 Å². The number of rotatable bonds is 48. The Balaban J connectivity index is 4.33. The molecule has 0 rings (SSSR count). The summed E-state index contributed by atoms with van der Waals surface area (Å²) in [5.74, 6) is -1.02. The SMILES string of the molecule is CC/C=C\C/C=C\C/C=C\C/C=C\C/C=C\C/C=C\CCC(=O)OC(COC(=O)CCCCCCCCC)COC(=O)CCCCCCCCCCC/C=C\C/C=C\C/C=C\C/C=C\C/C=C\CC. The number of allylic oxidation sites excluding steroid dienone is 22. The fourth-order valence-electron chi connectivity index (χ4n) is 7.08. The van der Waals surface area contributed by atoms with Gasteiger partial charge in [-0.15, -0.1) is 0 Å². The molecule has 1 unspecified atom stereocenters. The number of hydrogen-bond donors (Lipinski definition) is 0. The quantitative estimate of drug-likeness (QED) is 0.0262. The molecule has 6 heteroatoms. The van der Waals surface area contributed by atoms with Crippen molar-refractivity contribution in [3.63, 3.8) is 0 Å². The van der Waals surface area contributed by atoms with Crippen molar-refractivity contribution in [2.45, 2.75) is 232 Å². The standard InChI is InChI=1S/C63H100O6/c1-4-7-10-13-16-18-20-22-24-26-28-29-30-31-32-33-35-36-38-40-42-44-47-50-53-56-62(65)68-59-60(58-67-61(64)55-52-49-46-15-12-9-6-3)69-63(66)57-54-51-48-45-43-41-39-37-34-27-25-23-21-19-17-14-11-8-5-2/h7-8,10-11,16-19,22-25,28-29,31-32,34,37,41,43,48,51,60H,4-6,9,12-15,20-21,26-27,30,33,35-36,38-40,42,44-47,49-50,52-59H2,1-3H3/b10-7-,11-8-,18-16-,19-17-,24-22-,25-23-,29-28-,32-31-,37-34-,43-41-,51-48-. The van der Waals surface area contributed by atoms with Crippen molar-refractivity contribution >= 4 is 17.9 Å². The molecular weight excluding hydrogens is 853 g/mol. The summed E-state index contributed by atoms with van der Waals surface area (Å²) in [6.07, 6.45) is 79.0. The Bertz CT molecular complexity index is 1510. The minimum atomic E-state index is -0.822. The molecule has 0 aromatic rings. The van der Waals surface area contributed by atoms with E-state index in [-0.39, 0.29) is 31.6 Å². The number of esters is 3. The molecule has 1 atom stereocenters. The molecular formula is C63H100O6. The highest BCUT2D eigenvalue weighted by molar-refractivity contribution is 5.71. The van der Waals surface area contributed by atoms with Crippen LogP contribution in [0.15, 0.2) is 134 Å². The Morgan fingerprint density at radius 1 is 0.304 bits per heavy atom. The zero-order chi connectivity index (χ0) is 50.0. The first kappa shape index (κ1) is 64.5. The van der Waals surface area contributed by atoms with Crippen LogP contribution in [0.25, 0.3) is 0 Å². The molecule has 0 aromatic heterocycles. The lowest BCUT2D eigenvalue weighted by Crippen LogP contribution is -2.30. The van der Waals surface area contributed by atoms with Crippen molar-refractivity contribution in [1.29, 1.82) is 0 Å². The molecule has 0 N–H and O–H groups in total. The Kier molecular flexibility index (Phi) is 52.5. The average molecular weight is 953 g/mol. The van der Waals surface area contributed by atoms with Gasteiger partial charge in [0.05, 0.1) is 0 Å². The van der Waals surface area contributed by atoms with Gasteiger partial charge in [-0.25, -0.2) is 0 Å². The molecule has 0 aliphatic carbocycles. The summed E-state index contributed by atoms with van der Waals surface area (Å²) in [6.45, 7) is 6.28. The monoisotopic (exact) mass is 953 g/mol. The third-order valence-electron chi connectivity index (χ3n) is 11.2. The van der Waals surface area contributed by atoms with Gasteiger partial charge in [0.2, 0.25) is 0 Å². The first-order chi connectivity index (χ1) is 34.0. The highest BCUT2D eigenvalue weighted by atomic mass is 16.6. The summed E-state index contributed by atoms with van der Waals surface area (Å²) in [6, 6.07) is 0. The van der Waals surface area contributed by atoms with E-state index in [1.165, 1.54) is 64.2 Å². The molecule has 0 saturated heterocycles. The maximum Gasteiger partial charge on any atom is 0.306 e. The van der Waals surface area contributed by atoms with Crippen molar-refractivity contribution in [2.75, 3.05) is 13.2 Å². The summed E-state index contributed by atoms with van der Waals surface area (Å²) >= 11 is 0. The molecule has 0 radical (unpaired) electrons. The van der Waals surface area contributed by atoms with Crippen LogP contribution in [0.3, 0.4) is 0 Å². The molecule has 0 heterocycles. The molecule has 0 aliphatic rings. The zero-order valence-electron chi connectivity index (χ0n) is 44.3. The molecule has 6 nitrogen and oxygen atoms in total. The Labute approximate surface area is 424 Å². The maximum atomic E-state index is 12.8. The van der Waals surface area contributed by atoms with Crippen LogP contribution in [0.4, 0.5) is 0 Å². The van der Waals surface area contributed by atoms with Gasteiger partial charge in [0.25, 0.3) is 0 Å². The predicted molar refractivity (Wildman–Crippen MR) is 297 cm³/mol. The van der Waals surface area contributed by atoms with Crippen LogP contribution in [0.5, 0.6) is 0 Å². The minimum Gasteiger partial charge on any atom is -0.462 e. The highest BCUT2D eigenvalue weighted by Crippen LogP contribution is 2.13. The first-order valence-corrected chi connectivity index (χ1v) is 27.7. The van der Waals surface area contributed by atoms with Gasteiger partial charge in [-0.3, -0.25) is 14.4 Å². The third kappa shape index (κ3) is 54.4. The van der Waals surface area contributed by atoms with E-state index < -0.39 is 12.1 Å². The summed E-state index contributed by atoms with van der Waals surface area (Å²) in [5, 5.41) is 0. The number of unbranched alkanes of at least 4 members (excludes halogenated alkanes) is 15. The molecule has 0 spiro atoms. The van der Waals surface area contributed by atoms with Gasteiger partial charge in [-0.05, 0) is 103 Å². The summed E-state index contributed by atoms with van der Waals surface area (Å²) in [7, 11) is 0.